The molecular formula is C17H19N2O7P. The Labute approximate surface area is 155 Å². The van der Waals surface area contributed by atoms with Gasteiger partial charge in [-0.3, -0.25) is 23.4 Å². The third-order valence-electron chi connectivity index (χ3n) is 4.38. The molecule has 3 heterocycles. The van der Waals surface area contributed by atoms with Gasteiger partial charge in [-0.1, -0.05) is 12.1 Å². The van der Waals surface area contributed by atoms with Gasteiger partial charge < -0.3 is 14.0 Å². The van der Waals surface area contributed by atoms with Crippen molar-refractivity contribution in [2.45, 2.75) is 31.8 Å². The highest BCUT2D eigenvalue weighted by atomic mass is 31.2. The molecule has 2 aliphatic heterocycles. The van der Waals surface area contributed by atoms with Gasteiger partial charge in [0.25, 0.3) is 5.56 Å². The van der Waals surface area contributed by atoms with E-state index in [0.29, 0.717) is 24.5 Å². The average molecular weight is 394 g/mol. The Balaban J connectivity index is 1.34. The third kappa shape index (κ3) is 3.91. The monoisotopic (exact) mass is 394 g/mol. The molecule has 27 heavy (non-hydrogen) atoms. The van der Waals surface area contributed by atoms with E-state index in [1.165, 1.54) is 16.8 Å². The fourth-order valence-electron chi connectivity index (χ4n) is 3.04. The fourth-order valence-corrected chi connectivity index (χ4v) is 4.11. The molecule has 2 aromatic rings. The number of nitrogens with zero attached hydrogens (tertiary/aromatic N) is 1. The molecule has 0 radical (unpaired) electrons. The van der Waals surface area contributed by atoms with Crippen LogP contribution in [0.2, 0.25) is 0 Å². The molecule has 10 heteroatoms. The molecule has 2 aliphatic rings. The van der Waals surface area contributed by atoms with Crippen molar-refractivity contribution in [2.75, 3.05) is 13.7 Å². The van der Waals surface area contributed by atoms with Crippen LogP contribution in [0.3, 0.4) is 0 Å². The van der Waals surface area contributed by atoms with Crippen molar-refractivity contribution in [2.24, 2.45) is 0 Å². The predicted molar refractivity (Wildman–Crippen MR) is 95.7 cm³/mol. The summed E-state index contributed by atoms with van der Waals surface area (Å²) in [5.41, 5.74) is -0.00773. The van der Waals surface area contributed by atoms with Gasteiger partial charge in [-0.2, -0.15) is 0 Å². The molecule has 0 amide bonds. The summed E-state index contributed by atoms with van der Waals surface area (Å²) in [4.78, 5) is 25.3. The SMILES string of the molecule is COc1cccc2c1OP(OCC1CCC(n3ccc(=O)[nH]c3=O)O1)OC2. The van der Waals surface area contributed by atoms with Crippen molar-refractivity contribution >= 4 is 8.60 Å². The first kappa shape index (κ1) is 18.2. The van der Waals surface area contributed by atoms with Crippen LogP contribution in [0.5, 0.6) is 11.5 Å². The highest BCUT2D eigenvalue weighted by Gasteiger charge is 2.31. The Morgan fingerprint density at radius 1 is 1.30 bits per heavy atom. The Morgan fingerprint density at radius 3 is 3.00 bits per heavy atom. The fraction of sp³-hybridized carbons (Fsp3) is 0.412. The van der Waals surface area contributed by atoms with Crippen LogP contribution in [0.25, 0.3) is 0 Å². The van der Waals surface area contributed by atoms with E-state index in [1.54, 1.807) is 7.11 Å². The van der Waals surface area contributed by atoms with Gasteiger partial charge in [0, 0.05) is 17.8 Å². The molecule has 1 fully saturated rings. The quantitative estimate of drug-likeness (QED) is 0.775. The number of benzene rings is 1. The van der Waals surface area contributed by atoms with Gasteiger partial charge in [-0.15, -0.1) is 0 Å². The number of nitrogens with one attached hydrogen (secondary N) is 1. The van der Waals surface area contributed by atoms with E-state index < -0.39 is 26.1 Å². The van der Waals surface area contributed by atoms with Crippen molar-refractivity contribution in [3.05, 3.63) is 56.9 Å². The number of aromatic amines is 1. The van der Waals surface area contributed by atoms with Gasteiger partial charge in [0.15, 0.2) is 11.5 Å². The Bertz CT molecular complexity index is 914. The lowest BCUT2D eigenvalue weighted by atomic mass is 10.2. The van der Waals surface area contributed by atoms with E-state index in [1.807, 2.05) is 18.2 Å². The minimum absolute atomic E-state index is 0.192. The summed E-state index contributed by atoms with van der Waals surface area (Å²) >= 11 is 0. The van der Waals surface area contributed by atoms with Crippen molar-refractivity contribution < 1.29 is 23.0 Å². The summed E-state index contributed by atoms with van der Waals surface area (Å²) in [6, 6.07) is 6.91. The highest BCUT2D eigenvalue weighted by Crippen LogP contribution is 2.50. The van der Waals surface area contributed by atoms with Crippen LogP contribution in [0.15, 0.2) is 40.1 Å². The first-order valence-electron chi connectivity index (χ1n) is 8.51. The van der Waals surface area contributed by atoms with E-state index >= 15 is 0 Å². The normalized spacial score (nSPS) is 24.3. The molecule has 9 nitrogen and oxygen atoms in total. The second kappa shape index (κ2) is 7.82. The molecule has 0 bridgehead atoms. The van der Waals surface area contributed by atoms with Crippen molar-refractivity contribution in [1.82, 2.24) is 9.55 Å². The number of para-hydroxylation sites is 1. The van der Waals surface area contributed by atoms with Crippen LogP contribution in [-0.2, 0) is 20.4 Å². The van der Waals surface area contributed by atoms with Gasteiger partial charge in [0.05, 0.1) is 26.4 Å². The molecule has 144 valence electrons. The molecule has 1 saturated heterocycles. The summed E-state index contributed by atoms with van der Waals surface area (Å²) in [7, 11) is 0.0346. The summed E-state index contributed by atoms with van der Waals surface area (Å²) in [5, 5.41) is 0. The van der Waals surface area contributed by atoms with Gasteiger partial charge in [-0.05, 0) is 18.9 Å². The number of methoxy groups -OCH3 is 1. The number of fused-ring (bicyclic) bond motifs is 1. The largest absolute Gasteiger partial charge is 0.493 e. The maximum Gasteiger partial charge on any atom is 0.397 e. The lowest BCUT2D eigenvalue weighted by Crippen LogP contribution is -2.31. The summed E-state index contributed by atoms with van der Waals surface area (Å²) < 4.78 is 29.7. The number of aromatic nitrogens is 2. The van der Waals surface area contributed by atoms with Crippen molar-refractivity contribution in [3.8, 4) is 11.5 Å². The van der Waals surface area contributed by atoms with Crippen LogP contribution in [0, 0.1) is 0 Å². The summed E-state index contributed by atoms with van der Waals surface area (Å²) in [6.07, 6.45) is 2.19. The highest BCUT2D eigenvalue weighted by molar-refractivity contribution is 7.42. The lowest BCUT2D eigenvalue weighted by Gasteiger charge is -2.25. The Morgan fingerprint density at radius 2 is 2.19 bits per heavy atom. The molecule has 4 rings (SSSR count). The molecule has 1 aromatic carbocycles. The standard InChI is InChI=1S/C17H19N2O7P/c1-22-13-4-2-3-11-9-23-27(26-16(11)13)24-10-12-5-6-15(25-12)19-8-7-14(20)18-17(19)21/h2-4,7-8,12,15H,5-6,9-10H2,1H3,(H,18,20,21). The molecule has 3 atom stereocenters. The maximum atomic E-state index is 11.9. The zero-order chi connectivity index (χ0) is 18.8. The van der Waals surface area contributed by atoms with Crippen LogP contribution < -0.4 is 20.5 Å². The molecule has 0 saturated carbocycles. The van der Waals surface area contributed by atoms with E-state index in [4.69, 9.17) is 23.0 Å². The van der Waals surface area contributed by atoms with Crippen LogP contribution in [-0.4, -0.2) is 29.4 Å². The molecule has 3 unspecified atom stereocenters. The third-order valence-corrected chi connectivity index (χ3v) is 5.42. The van der Waals surface area contributed by atoms with E-state index in [0.717, 1.165) is 12.0 Å². The Hall–Kier alpha value is -2.19. The van der Waals surface area contributed by atoms with Gasteiger partial charge >= 0.3 is 14.3 Å². The first-order valence-corrected chi connectivity index (χ1v) is 9.60. The first-order chi connectivity index (χ1) is 13.1. The molecule has 0 aliphatic carbocycles. The molecule has 1 aromatic heterocycles. The minimum atomic E-state index is -1.55. The average Bonchev–Trinajstić information content (AvgIpc) is 3.14. The van der Waals surface area contributed by atoms with E-state index in [2.05, 4.69) is 4.98 Å². The van der Waals surface area contributed by atoms with Gasteiger partial charge in [0.1, 0.15) is 6.23 Å². The number of ether oxygens (including phenoxy) is 2. The predicted octanol–water partition coefficient (Wildman–Crippen LogP) is 2.08. The van der Waals surface area contributed by atoms with E-state index in [-0.39, 0.29) is 12.7 Å². The minimum Gasteiger partial charge on any atom is -0.493 e. The lowest BCUT2D eigenvalue weighted by molar-refractivity contribution is -0.0229. The summed E-state index contributed by atoms with van der Waals surface area (Å²) in [5.74, 6) is 1.28. The maximum absolute atomic E-state index is 11.9. The number of hydrogen-bond donors (Lipinski definition) is 1. The van der Waals surface area contributed by atoms with E-state index in [9.17, 15) is 9.59 Å². The van der Waals surface area contributed by atoms with Crippen LogP contribution in [0.1, 0.15) is 24.6 Å². The number of H-pyrrole nitrogens is 1. The van der Waals surface area contributed by atoms with Crippen LogP contribution in [0.4, 0.5) is 0 Å². The second-order valence-electron chi connectivity index (χ2n) is 6.14. The second-order valence-corrected chi connectivity index (χ2v) is 7.29. The smallest absolute Gasteiger partial charge is 0.397 e. The molecular weight excluding hydrogens is 375 g/mol. The molecule has 0 spiro atoms. The van der Waals surface area contributed by atoms with Crippen molar-refractivity contribution in [1.29, 1.82) is 0 Å². The Kier molecular flexibility index (Phi) is 5.27. The topological polar surface area (TPSA) is 101 Å². The zero-order valence-corrected chi connectivity index (χ0v) is 15.5. The number of rotatable bonds is 5. The summed E-state index contributed by atoms with van der Waals surface area (Å²) in [6.45, 7) is 0.671. The number of hydrogen-bond acceptors (Lipinski definition) is 7. The molecule has 1 N–H and O–H groups in total. The van der Waals surface area contributed by atoms with Gasteiger partial charge in [0.2, 0.25) is 0 Å². The van der Waals surface area contributed by atoms with Crippen LogP contribution >= 0.6 is 8.60 Å². The van der Waals surface area contributed by atoms with Gasteiger partial charge in [-0.25, -0.2) is 4.79 Å². The van der Waals surface area contributed by atoms with Crippen molar-refractivity contribution in [3.63, 3.8) is 0 Å². The zero-order valence-electron chi connectivity index (χ0n) is 14.6.